The van der Waals surface area contributed by atoms with E-state index in [1.54, 1.807) is 0 Å². The Morgan fingerprint density at radius 2 is 2.04 bits per heavy atom. The Kier molecular flexibility index (Phi) is 5.39. The van der Waals surface area contributed by atoms with E-state index in [1.165, 1.54) is 16.8 Å². The molecular weight excluding hydrogens is 334 g/mol. The molecule has 3 rings (SSSR count). The molecule has 1 amide bonds. The van der Waals surface area contributed by atoms with Crippen molar-refractivity contribution in [2.75, 3.05) is 13.1 Å². The minimum atomic E-state index is -0.482. The van der Waals surface area contributed by atoms with Gasteiger partial charge in [0.2, 0.25) is 5.91 Å². The molecule has 8 heteroatoms. The van der Waals surface area contributed by atoms with Crippen LogP contribution in [0.25, 0.3) is 0 Å². The first-order chi connectivity index (χ1) is 12.4. The molecule has 1 aliphatic heterocycles. The average molecular weight is 359 g/mol. The van der Waals surface area contributed by atoms with Crippen molar-refractivity contribution in [2.45, 2.75) is 51.5 Å². The molecule has 0 aliphatic carbocycles. The highest BCUT2D eigenvalue weighted by molar-refractivity contribution is 5.76. The largest absolute Gasteiger partial charge is 0.343 e. The van der Waals surface area contributed by atoms with Gasteiger partial charge in [-0.15, -0.1) is 0 Å². The summed E-state index contributed by atoms with van der Waals surface area (Å²) in [6.07, 6.45) is 3.48. The number of aromatic nitrogens is 4. The topological polar surface area (TPSA) is 104 Å². The third-order valence-corrected chi connectivity index (χ3v) is 4.96. The molecular formula is C18H25N5O3. The van der Waals surface area contributed by atoms with E-state index in [9.17, 15) is 14.4 Å². The third-order valence-electron chi connectivity index (χ3n) is 4.96. The van der Waals surface area contributed by atoms with Gasteiger partial charge in [0.25, 0.3) is 5.56 Å². The molecule has 3 heterocycles. The SMILES string of the molecule is CC(C)c1cc(C2CCN(C(=O)CCn3ccc(=O)[nH]c3=O)CC2)[nH]n1. The van der Waals surface area contributed by atoms with Crippen molar-refractivity contribution in [2.24, 2.45) is 0 Å². The maximum atomic E-state index is 12.4. The lowest BCUT2D eigenvalue weighted by atomic mass is 9.93. The summed E-state index contributed by atoms with van der Waals surface area (Å²) in [5, 5.41) is 7.50. The molecule has 0 bridgehead atoms. The molecule has 2 aromatic rings. The summed E-state index contributed by atoms with van der Waals surface area (Å²) >= 11 is 0. The number of carbonyl (C=O) groups is 1. The van der Waals surface area contributed by atoms with Crippen LogP contribution in [0.1, 0.15) is 56.3 Å². The summed E-state index contributed by atoms with van der Waals surface area (Å²) in [7, 11) is 0. The lowest BCUT2D eigenvalue weighted by Crippen LogP contribution is -2.39. The first kappa shape index (κ1) is 18.2. The maximum absolute atomic E-state index is 12.4. The zero-order chi connectivity index (χ0) is 18.7. The summed E-state index contributed by atoms with van der Waals surface area (Å²) in [4.78, 5) is 39.2. The average Bonchev–Trinajstić information content (AvgIpc) is 3.11. The first-order valence-electron chi connectivity index (χ1n) is 9.07. The van der Waals surface area contributed by atoms with Crippen LogP contribution in [0.2, 0.25) is 0 Å². The molecule has 0 atom stereocenters. The standard InChI is InChI=1S/C18H25N5O3/c1-12(2)14-11-15(21-20-14)13-3-7-22(8-4-13)17(25)6-10-23-9-5-16(24)19-18(23)26/h5,9,11-13H,3-4,6-8,10H2,1-2H3,(H,20,21)(H,19,24,26). The Hall–Kier alpha value is -2.64. The Bertz CT molecular complexity index is 871. The van der Waals surface area contributed by atoms with Gasteiger partial charge in [0.1, 0.15) is 0 Å². The molecule has 1 aliphatic rings. The van der Waals surface area contributed by atoms with Gasteiger partial charge in [-0.1, -0.05) is 13.8 Å². The molecule has 2 aromatic heterocycles. The van der Waals surface area contributed by atoms with E-state index in [2.05, 4.69) is 35.1 Å². The van der Waals surface area contributed by atoms with Gasteiger partial charge in [0.15, 0.2) is 0 Å². The van der Waals surface area contributed by atoms with Crippen LogP contribution in [0.3, 0.4) is 0 Å². The van der Waals surface area contributed by atoms with E-state index in [4.69, 9.17) is 0 Å². The van der Waals surface area contributed by atoms with Crippen molar-refractivity contribution in [1.82, 2.24) is 24.6 Å². The Labute approximate surface area is 151 Å². The normalized spacial score (nSPS) is 15.6. The predicted molar refractivity (Wildman–Crippen MR) is 97.2 cm³/mol. The highest BCUT2D eigenvalue weighted by Gasteiger charge is 2.25. The van der Waals surface area contributed by atoms with Crippen LogP contribution in [0.5, 0.6) is 0 Å². The molecule has 8 nitrogen and oxygen atoms in total. The van der Waals surface area contributed by atoms with Crippen LogP contribution in [0.4, 0.5) is 0 Å². The van der Waals surface area contributed by atoms with Crippen LogP contribution in [-0.4, -0.2) is 43.6 Å². The number of aromatic amines is 2. The smallest absolute Gasteiger partial charge is 0.328 e. The van der Waals surface area contributed by atoms with E-state index in [-0.39, 0.29) is 18.9 Å². The van der Waals surface area contributed by atoms with E-state index < -0.39 is 11.2 Å². The zero-order valence-corrected chi connectivity index (χ0v) is 15.2. The summed E-state index contributed by atoms with van der Waals surface area (Å²) < 4.78 is 1.35. The van der Waals surface area contributed by atoms with Crippen LogP contribution in [0, 0.1) is 0 Å². The van der Waals surface area contributed by atoms with E-state index in [0.717, 1.165) is 24.2 Å². The molecule has 2 N–H and O–H groups in total. The minimum Gasteiger partial charge on any atom is -0.343 e. The molecule has 1 fully saturated rings. The second-order valence-corrected chi connectivity index (χ2v) is 7.11. The second-order valence-electron chi connectivity index (χ2n) is 7.11. The van der Waals surface area contributed by atoms with Crippen LogP contribution >= 0.6 is 0 Å². The second kappa shape index (κ2) is 7.72. The van der Waals surface area contributed by atoms with E-state index >= 15 is 0 Å². The first-order valence-corrected chi connectivity index (χ1v) is 9.07. The number of hydrogen-bond acceptors (Lipinski definition) is 4. The van der Waals surface area contributed by atoms with Gasteiger partial charge in [-0.3, -0.25) is 19.7 Å². The molecule has 0 aromatic carbocycles. The molecule has 1 saturated heterocycles. The fourth-order valence-corrected chi connectivity index (χ4v) is 3.29. The highest BCUT2D eigenvalue weighted by atomic mass is 16.2. The number of carbonyl (C=O) groups excluding carboxylic acids is 1. The number of rotatable bonds is 5. The van der Waals surface area contributed by atoms with Crippen LogP contribution < -0.4 is 11.2 Å². The number of amides is 1. The number of piperidine rings is 1. The molecule has 0 spiro atoms. The number of nitrogens with one attached hydrogen (secondary N) is 2. The highest BCUT2D eigenvalue weighted by Crippen LogP contribution is 2.28. The number of likely N-dealkylation sites (tertiary alicyclic amines) is 1. The Morgan fingerprint density at radius 3 is 2.65 bits per heavy atom. The fourth-order valence-electron chi connectivity index (χ4n) is 3.29. The van der Waals surface area contributed by atoms with Crippen molar-refractivity contribution >= 4 is 5.91 Å². The predicted octanol–water partition coefficient (Wildman–Crippen LogP) is 1.18. The van der Waals surface area contributed by atoms with Crippen LogP contribution in [0.15, 0.2) is 27.9 Å². The Balaban J connectivity index is 1.51. The van der Waals surface area contributed by atoms with Gasteiger partial charge in [-0.2, -0.15) is 5.10 Å². The number of aryl methyl sites for hydroxylation is 1. The molecule has 0 saturated carbocycles. The summed E-state index contributed by atoms with van der Waals surface area (Å²) in [6.45, 7) is 5.93. The molecule has 26 heavy (non-hydrogen) atoms. The van der Waals surface area contributed by atoms with Crippen molar-refractivity contribution in [3.8, 4) is 0 Å². The number of H-pyrrole nitrogens is 2. The maximum Gasteiger partial charge on any atom is 0.328 e. The lowest BCUT2D eigenvalue weighted by Gasteiger charge is -2.31. The monoisotopic (exact) mass is 359 g/mol. The van der Waals surface area contributed by atoms with Crippen molar-refractivity contribution < 1.29 is 4.79 Å². The summed E-state index contributed by atoms with van der Waals surface area (Å²) in [5.74, 6) is 0.841. The third kappa shape index (κ3) is 4.12. The van der Waals surface area contributed by atoms with Crippen molar-refractivity contribution in [1.29, 1.82) is 0 Å². The molecule has 140 valence electrons. The van der Waals surface area contributed by atoms with Crippen molar-refractivity contribution in [3.63, 3.8) is 0 Å². The van der Waals surface area contributed by atoms with Crippen LogP contribution in [-0.2, 0) is 11.3 Å². The molecule has 0 unspecified atom stereocenters. The van der Waals surface area contributed by atoms with Gasteiger partial charge in [0.05, 0.1) is 5.69 Å². The summed E-state index contributed by atoms with van der Waals surface area (Å²) in [5.41, 5.74) is 1.31. The van der Waals surface area contributed by atoms with Crippen molar-refractivity contribution in [3.05, 3.63) is 50.6 Å². The summed E-state index contributed by atoms with van der Waals surface area (Å²) in [6, 6.07) is 3.42. The fraction of sp³-hybridized carbons (Fsp3) is 0.556. The van der Waals surface area contributed by atoms with E-state index in [1.807, 2.05) is 4.90 Å². The Morgan fingerprint density at radius 1 is 1.31 bits per heavy atom. The van der Waals surface area contributed by atoms with E-state index in [0.29, 0.717) is 24.9 Å². The zero-order valence-electron chi connectivity index (χ0n) is 15.2. The van der Waals surface area contributed by atoms with Gasteiger partial charge >= 0.3 is 5.69 Å². The van der Waals surface area contributed by atoms with Gasteiger partial charge in [-0.25, -0.2) is 4.79 Å². The van der Waals surface area contributed by atoms with Gasteiger partial charge in [-0.05, 0) is 24.8 Å². The number of hydrogen-bond donors (Lipinski definition) is 2. The molecule has 0 radical (unpaired) electrons. The lowest BCUT2D eigenvalue weighted by molar-refractivity contribution is -0.132. The minimum absolute atomic E-state index is 0.0361. The quantitative estimate of drug-likeness (QED) is 0.836. The van der Waals surface area contributed by atoms with Gasteiger partial charge in [0, 0.05) is 49.9 Å². The number of nitrogens with zero attached hydrogens (tertiary/aromatic N) is 3. The van der Waals surface area contributed by atoms with Gasteiger partial charge < -0.3 is 9.47 Å².